The normalized spacial score (nSPS) is 13.9. The third kappa shape index (κ3) is 2.83. The SMILES string of the molecule is Cc1[nH]ncc1S(=O)(=O)N(C)C(C)CC(=N)N. The van der Waals surface area contributed by atoms with E-state index >= 15 is 0 Å². The summed E-state index contributed by atoms with van der Waals surface area (Å²) < 4.78 is 25.6. The maximum atomic E-state index is 12.2. The van der Waals surface area contributed by atoms with Gasteiger partial charge < -0.3 is 5.73 Å². The number of aryl methyl sites for hydroxylation is 1. The summed E-state index contributed by atoms with van der Waals surface area (Å²) in [6, 6.07) is -0.369. The molecule has 1 rings (SSSR count). The summed E-state index contributed by atoms with van der Waals surface area (Å²) in [6.45, 7) is 3.34. The number of aromatic amines is 1. The van der Waals surface area contributed by atoms with Gasteiger partial charge in [-0.25, -0.2) is 8.42 Å². The summed E-state index contributed by atoms with van der Waals surface area (Å²) in [5, 5.41) is 13.5. The summed E-state index contributed by atoms with van der Waals surface area (Å²) in [5.41, 5.74) is 5.76. The number of aromatic nitrogens is 2. The van der Waals surface area contributed by atoms with Crippen molar-refractivity contribution in [3.8, 4) is 0 Å². The molecule has 0 aliphatic heterocycles. The largest absolute Gasteiger partial charge is 0.388 e. The van der Waals surface area contributed by atoms with E-state index in [1.165, 1.54) is 17.5 Å². The van der Waals surface area contributed by atoms with Gasteiger partial charge in [0.15, 0.2) is 0 Å². The number of hydrogen-bond donors (Lipinski definition) is 3. The predicted molar refractivity (Wildman–Crippen MR) is 64.3 cm³/mol. The minimum Gasteiger partial charge on any atom is -0.388 e. The van der Waals surface area contributed by atoms with Crippen LogP contribution in [0.3, 0.4) is 0 Å². The Kier molecular flexibility index (Phi) is 3.89. The van der Waals surface area contributed by atoms with Gasteiger partial charge in [-0.3, -0.25) is 10.5 Å². The molecule has 1 aromatic heterocycles. The second-order valence-corrected chi connectivity index (χ2v) is 5.92. The Morgan fingerprint density at radius 2 is 2.29 bits per heavy atom. The molecule has 0 fully saturated rings. The van der Waals surface area contributed by atoms with E-state index in [0.29, 0.717) is 5.69 Å². The summed E-state index contributed by atoms with van der Waals surface area (Å²) in [5.74, 6) is -0.0385. The van der Waals surface area contributed by atoms with Crippen LogP contribution in [0.25, 0.3) is 0 Å². The van der Waals surface area contributed by atoms with Gasteiger partial charge in [-0.1, -0.05) is 0 Å². The highest BCUT2D eigenvalue weighted by Crippen LogP contribution is 2.19. The van der Waals surface area contributed by atoms with Crippen LogP contribution in [0.1, 0.15) is 19.0 Å². The molecule has 4 N–H and O–H groups in total. The number of hydrogen-bond acceptors (Lipinski definition) is 4. The molecule has 1 aromatic rings. The number of rotatable bonds is 5. The predicted octanol–water partition coefficient (Wildman–Crippen LogP) is 0.0532. The van der Waals surface area contributed by atoms with Gasteiger partial charge in [0.2, 0.25) is 10.0 Å². The second kappa shape index (κ2) is 4.84. The average molecular weight is 259 g/mol. The highest BCUT2D eigenvalue weighted by atomic mass is 32.2. The lowest BCUT2D eigenvalue weighted by Gasteiger charge is -2.23. The Hall–Kier alpha value is -1.41. The number of amidine groups is 1. The molecule has 17 heavy (non-hydrogen) atoms. The van der Waals surface area contributed by atoms with Crippen LogP contribution in [0, 0.1) is 12.3 Å². The standard InChI is InChI=1S/C9H17N5O2S/c1-6(4-9(10)11)14(3)17(15,16)8-5-12-13-7(8)2/h5-6H,4H2,1-3H3,(H3,10,11)(H,12,13). The maximum absolute atomic E-state index is 12.2. The molecular formula is C9H17N5O2S. The van der Waals surface area contributed by atoms with Gasteiger partial charge in [-0.05, 0) is 13.8 Å². The van der Waals surface area contributed by atoms with Crippen molar-refractivity contribution in [3.05, 3.63) is 11.9 Å². The average Bonchev–Trinajstić information content (AvgIpc) is 2.62. The van der Waals surface area contributed by atoms with E-state index in [-0.39, 0.29) is 23.2 Å². The minimum absolute atomic E-state index is 0.0385. The van der Waals surface area contributed by atoms with Crippen LogP contribution in [0.15, 0.2) is 11.1 Å². The summed E-state index contributed by atoms with van der Waals surface area (Å²) in [7, 11) is -2.12. The van der Waals surface area contributed by atoms with Crippen LogP contribution >= 0.6 is 0 Å². The van der Waals surface area contributed by atoms with E-state index in [9.17, 15) is 8.42 Å². The number of nitrogens with zero attached hydrogens (tertiary/aromatic N) is 2. The molecule has 0 aliphatic rings. The van der Waals surface area contributed by atoms with E-state index in [1.54, 1.807) is 13.8 Å². The number of H-pyrrole nitrogens is 1. The van der Waals surface area contributed by atoms with Gasteiger partial charge >= 0.3 is 0 Å². The molecule has 7 nitrogen and oxygen atoms in total. The van der Waals surface area contributed by atoms with Crippen molar-refractivity contribution in [3.63, 3.8) is 0 Å². The molecule has 1 heterocycles. The van der Waals surface area contributed by atoms with E-state index in [0.717, 1.165) is 0 Å². The topological polar surface area (TPSA) is 116 Å². The van der Waals surface area contributed by atoms with Crippen molar-refractivity contribution >= 4 is 15.9 Å². The third-order valence-electron chi connectivity index (χ3n) is 2.58. The third-order valence-corrected chi connectivity index (χ3v) is 4.66. The number of nitrogens with two attached hydrogens (primary N) is 1. The first-order valence-electron chi connectivity index (χ1n) is 5.07. The van der Waals surface area contributed by atoms with Gasteiger partial charge in [0.05, 0.1) is 17.7 Å². The van der Waals surface area contributed by atoms with Crippen molar-refractivity contribution in [2.45, 2.75) is 31.2 Å². The summed E-state index contributed by atoms with van der Waals surface area (Å²) in [6.07, 6.45) is 1.48. The molecule has 0 spiro atoms. The number of nitrogens with one attached hydrogen (secondary N) is 2. The van der Waals surface area contributed by atoms with E-state index < -0.39 is 10.0 Å². The van der Waals surface area contributed by atoms with Crippen molar-refractivity contribution in [1.29, 1.82) is 5.41 Å². The van der Waals surface area contributed by atoms with Crippen LogP contribution in [-0.2, 0) is 10.0 Å². The van der Waals surface area contributed by atoms with Crippen LogP contribution < -0.4 is 5.73 Å². The molecule has 8 heteroatoms. The van der Waals surface area contributed by atoms with Gasteiger partial charge in [-0.2, -0.15) is 9.40 Å². The first-order valence-corrected chi connectivity index (χ1v) is 6.51. The van der Waals surface area contributed by atoms with Gasteiger partial charge in [0.25, 0.3) is 0 Å². The smallest absolute Gasteiger partial charge is 0.246 e. The van der Waals surface area contributed by atoms with E-state index in [1.807, 2.05) is 0 Å². The lowest BCUT2D eigenvalue weighted by molar-refractivity contribution is 0.395. The van der Waals surface area contributed by atoms with Gasteiger partial charge in [-0.15, -0.1) is 0 Å². The molecule has 1 unspecified atom stereocenters. The number of sulfonamides is 1. The first kappa shape index (κ1) is 13.7. The zero-order chi connectivity index (χ0) is 13.2. The fraction of sp³-hybridized carbons (Fsp3) is 0.556. The molecule has 0 radical (unpaired) electrons. The fourth-order valence-electron chi connectivity index (χ4n) is 1.44. The van der Waals surface area contributed by atoms with Crippen LogP contribution in [-0.4, -0.2) is 41.8 Å². The Bertz CT molecular complexity index is 507. The highest BCUT2D eigenvalue weighted by Gasteiger charge is 2.28. The molecule has 0 saturated heterocycles. The van der Waals surface area contributed by atoms with Crippen LogP contribution in [0.2, 0.25) is 0 Å². The van der Waals surface area contributed by atoms with E-state index in [4.69, 9.17) is 11.1 Å². The lowest BCUT2D eigenvalue weighted by Crippen LogP contribution is -2.37. The van der Waals surface area contributed by atoms with Crippen molar-refractivity contribution in [2.24, 2.45) is 5.73 Å². The molecular weight excluding hydrogens is 242 g/mol. The second-order valence-electron chi connectivity index (χ2n) is 3.96. The minimum atomic E-state index is -3.58. The molecule has 0 saturated carbocycles. The van der Waals surface area contributed by atoms with Gasteiger partial charge in [0.1, 0.15) is 4.90 Å². The summed E-state index contributed by atoms with van der Waals surface area (Å²) >= 11 is 0. The highest BCUT2D eigenvalue weighted by molar-refractivity contribution is 7.89. The molecule has 0 bridgehead atoms. The Labute approximate surface area is 101 Å². The van der Waals surface area contributed by atoms with Gasteiger partial charge in [0, 0.05) is 19.5 Å². The molecule has 0 aromatic carbocycles. The van der Waals surface area contributed by atoms with Crippen molar-refractivity contribution < 1.29 is 8.42 Å². The summed E-state index contributed by atoms with van der Waals surface area (Å²) in [4.78, 5) is 0.149. The molecule has 0 aliphatic carbocycles. The molecule has 0 amide bonds. The Morgan fingerprint density at radius 1 is 1.71 bits per heavy atom. The fourth-order valence-corrected chi connectivity index (χ4v) is 2.92. The van der Waals surface area contributed by atoms with E-state index in [2.05, 4.69) is 10.2 Å². The monoisotopic (exact) mass is 259 g/mol. The maximum Gasteiger partial charge on any atom is 0.246 e. The zero-order valence-corrected chi connectivity index (χ0v) is 10.9. The van der Waals surface area contributed by atoms with Crippen molar-refractivity contribution in [1.82, 2.24) is 14.5 Å². The molecule has 1 atom stereocenters. The Morgan fingerprint density at radius 3 is 2.71 bits per heavy atom. The van der Waals surface area contributed by atoms with Crippen LogP contribution in [0.4, 0.5) is 0 Å². The molecule has 96 valence electrons. The quantitative estimate of drug-likeness (QED) is 0.512. The van der Waals surface area contributed by atoms with Crippen LogP contribution in [0.5, 0.6) is 0 Å². The Balaban J connectivity index is 2.99. The lowest BCUT2D eigenvalue weighted by atomic mass is 10.2. The van der Waals surface area contributed by atoms with Crippen molar-refractivity contribution in [2.75, 3.05) is 7.05 Å². The first-order chi connectivity index (χ1) is 7.76. The zero-order valence-electron chi connectivity index (χ0n) is 10.1.